The molecule has 106 valence electrons. The van der Waals surface area contributed by atoms with Crippen LogP contribution in [0.25, 0.3) is 22.3 Å². The number of alkyl halides is 1. The number of rotatable bonds is 2. The van der Waals surface area contributed by atoms with Crippen LogP contribution < -0.4 is 4.90 Å². The van der Waals surface area contributed by atoms with Crippen molar-refractivity contribution in [3.05, 3.63) is 37.1 Å². The molecule has 0 saturated carbocycles. The first-order chi connectivity index (χ1) is 10.3. The molecule has 21 heavy (non-hydrogen) atoms. The fourth-order valence-corrected chi connectivity index (χ4v) is 2.89. The molecule has 0 aromatic carbocycles. The lowest BCUT2D eigenvalue weighted by Crippen LogP contribution is -2.20. The predicted octanol–water partition coefficient (Wildman–Crippen LogP) is 2.57. The van der Waals surface area contributed by atoms with Crippen LogP contribution >= 0.6 is 0 Å². The molecule has 1 N–H and O–H groups in total. The molecule has 0 unspecified atom stereocenters. The molecule has 3 aromatic heterocycles. The zero-order valence-corrected chi connectivity index (χ0v) is 11.3. The molecule has 0 amide bonds. The number of fused-ring (bicyclic) bond motifs is 1. The van der Waals surface area contributed by atoms with Crippen LogP contribution in [-0.4, -0.2) is 39.2 Å². The molecule has 1 atom stereocenters. The van der Waals surface area contributed by atoms with Gasteiger partial charge in [0.05, 0.1) is 16.8 Å². The summed E-state index contributed by atoms with van der Waals surface area (Å²) in [6.07, 6.45) is 6.71. The van der Waals surface area contributed by atoms with Gasteiger partial charge in [0.15, 0.2) is 0 Å². The van der Waals surface area contributed by atoms with E-state index in [-0.39, 0.29) is 0 Å². The molecule has 4 rings (SSSR count). The van der Waals surface area contributed by atoms with Crippen LogP contribution in [-0.2, 0) is 0 Å². The van der Waals surface area contributed by atoms with Crippen LogP contribution in [0.1, 0.15) is 6.42 Å². The van der Waals surface area contributed by atoms with Crippen molar-refractivity contribution in [2.75, 3.05) is 18.0 Å². The number of pyridine rings is 1. The van der Waals surface area contributed by atoms with Gasteiger partial charge in [0.1, 0.15) is 18.1 Å². The minimum Gasteiger partial charge on any atom is -0.368 e. The molecule has 0 aliphatic carbocycles. The number of halogens is 1. The highest BCUT2D eigenvalue weighted by atomic mass is 19.1. The average molecular weight is 283 g/mol. The second-order valence-corrected chi connectivity index (χ2v) is 5.18. The van der Waals surface area contributed by atoms with E-state index in [1.165, 1.54) is 6.33 Å². The largest absolute Gasteiger partial charge is 0.368 e. The van der Waals surface area contributed by atoms with Gasteiger partial charge in [-0.2, -0.15) is 0 Å². The molecule has 1 aliphatic heterocycles. The van der Waals surface area contributed by atoms with Crippen LogP contribution in [0.3, 0.4) is 0 Å². The maximum Gasteiger partial charge on any atom is 0.140 e. The van der Waals surface area contributed by atoms with Crippen LogP contribution in [0.15, 0.2) is 37.1 Å². The number of nitrogens with one attached hydrogen (secondary N) is 1. The van der Waals surface area contributed by atoms with Crippen molar-refractivity contribution in [2.24, 2.45) is 0 Å². The molecule has 3 aromatic rings. The summed E-state index contributed by atoms with van der Waals surface area (Å²) in [5, 5.41) is 0.991. The Morgan fingerprint density at radius 1 is 1.24 bits per heavy atom. The zero-order valence-electron chi connectivity index (χ0n) is 11.3. The van der Waals surface area contributed by atoms with E-state index >= 15 is 0 Å². The first kappa shape index (κ1) is 12.3. The van der Waals surface area contributed by atoms with Gasteiger partial charge in [-0.3, -0.25) is 0 Å². The molecule has 1 fully saturated rings. The number of aromatic amines is 1. The van der Waals surface area contributed by atoms with Crippen LogP contribution in [0.4, 0.5) is 10.1 Å². The number of H-pyrrole nitrogens is 1. The van der Waals surface area contributed by atoms with Gasteiger partial charge in [0.2, 0.25) is 0 Å². The maximum atomic E-state index is 13.5. The van der Waals surface area contributed by atoms with Gasteiger partial charge in [-0.25, -0.2) is 19.3 Å². The van der Waals surface area contributed by atoms with Gasteiger partial charge < -0.3 is 9.88 Å². The summed E-state index contributed by atoms with van der Waals surface area (Å²) < 4.78 is 13.5. The lowest BCUT2D eigenvalue weighted by Gasteiger charge is -2.19. The van der Waals surface area contributed by atoms with E-state index in [0.717, 1.165) is 34.5 Å². The third kappa shape index (κ3) is 2.03. The summed E-state index contributed by atoms with van der Waals surface area (Å²) in [4.78, 5) is 17.9. The summed E-state index contributed by atoms with van der Waals surface area (Å²) in [7, 11) is 0. The smallest absolute Gasteiger partial charge is 0.140 e. The third-order valence-corrected chi connectivity index (χ3v) is 3.88. The Bertz CT molecular complexity index is 770. The van der Waals surface area contributed by atoms with E-state index in [9.17, 15) is 4.39 Å². The molecular weight excluding hydrogens is 269 g/mol. The fourth-order valence-electron chi connectivity index (χ4n) is 2.89. The van der Waals surface area contributed by atoms with E-state index in [1.807, 2.05) is 18.3 Å². The lowest BCUT2D eigenvalue weighted by molar-refractivity contribution is 0.364. The van der Waals surface area contributed by atoms with E-state index < -0.39 is 6.17 Å². The zero-order chi connectivity index (χ0) is 14.2. The predicted molar refractivity (Wildman–Crippen MR) is 78.8 cm³/mol. The molecule has 0 radical (unpaired) electrons. The van der Waals surface area contributed by atoms with Crippen molar-refractivity contribution in [1.82, 2.24) is 19.9 Å². The van der Waals surface area contributed by atoms with Crippen molar-refractivity contribution in [1.29, 1.82) is 0 Å². The molecule has 1 saturated heterocycles. The van der Waals surface area contributed by atoms with Gasteiger partial charge in [-0.1, -0.05) is 0 Å². The quantitative estimate of drug-likeness (QED) is 0.785. The first-order valence-corrected chi connectivity index (χ1v) is 6.94. The first-order valence-electron chi connectivity index (χ1n) is 6.94. The Balaban J connectivity index is 1.90. The number of nitrogens with zero attached hydrogens (tertiary/aromatic N) is 4. The second-order valence-electron chi connectivity index (χ2n) is 5.18. The summed E-state index contributed by atoms with van der Waals surface area (Å²) in [6.45, 7) is 1.17. The summed E-state index contributed by atoms with van der Waals surface area (Å²) in [5.74, 6) is 0. The lowest BCUT2D eigenvalue weighted by atomic mass is 10.1. The van der Waals surface area contributed by atoms with E-state index in [4.69, 9.17) is 0 Å². The van der Waals surface area contributed by atoms with E-state index in [1.54, 1.807) is 12.4 Å². The highest BCUT2D eigenvalue weighted by Crippen LogP contribution is 2.35. The Labute approximate surface area is 120 Å². The summed E-state index contributed by atoms with van der Waals surface area (Å²) >= 11 is 0. The topological polar surface area (TPSA) is 57.7 Å². The van der Waals surface area contributed by atoms with E-state index in [0.29, 0.717) is 13.0 Å². The third-order valence-electron chi connectivity index (χ3n) is 3.88. The summed E-state index contributed by atoms with van der Waals surface area (Å²) in [5.41, 5.74) is 3.61. The monoisotopic (exact) mass is 283 g/mol. The van der Waals surface area contributed by atoms with Crippen molar-refractivity contribution in [3.8, 4) is 11.3 Å². The van der Waals surface area contributed by atoms with E-state index in [2.05, 4.69) is 24.8 Å². The van der Waals surface area contributed by atoms with Crippen LogP contribution in [0, 0.1) is 0 Å². The number of hydrogen-bond donors (Lipinski definition) is 1. The molecule has 1 aliphatic rings. The Hall–Kier alpha value is -2.50. The van der Waals surface area contributed by atoms with Crippen LogP contribution in [0.2, 0.25) is 0 Å². The molecule has 4 heterocycles. The minimum atomic E-state index is -0.755. The molecular formula is C15H14FN5. The normalized spacial score (nSPS) is 18.5. The van der Waals surface area contributed by atoms with Crippen LogP contribution in [0.5, 0.6) is 0 Å². The van der Waals surface area contributed by atoms with Crippen molar-refractivity contribution < 1.29 is 4.39 Å². The second kappa shape index (κ2) is 4.80. The minimum absolute atomic E-state index is 0.438. The fraction of sp³-hybridized carbons (Fsp3) is 0.267. The number of anilines is 1. The maximum absolute atomic E-state index is 13.5. The summed E-state index contributed by atoms with van der Waals surface area (Å²) in [6, 6.07) is 3.81. The van der Waals surface area contributed by atoms with Gasteiger partial charge in [0, 0.05) is 37.2 Å². The Morgan fingerprint density at radius 2 is 2.19 bits per heavy atom. The molecule has 0 bridgehead atoms. The SMILES string of the molecule is F[C@@H]1CCN(c2ccnc3[nH]cc(-c4ccncn4)c23)C1. The highest BCUT2D eigenvalue weighted by Gasteiger charge is 2.25. The van der Waals surface area contributed by atoms with Crippen molar-refractivity contribution in [3.63, 3.8) is 0 Å². The number of hydrogen-bond acceptors (Lipinski definition) is 4. The number of aromatic nitrogens is 4. The van der Waals surface area contributed by atoms with Gasteiger partial charge in [0.25, 0.3) is 0 Å². The van der Waals surface area contributed by atoms with Crippen molar-refractivity contribution in [2.45, 2.75) is 12.6 Å². The Morgan fingerprint density at radius 3 is 2.95 bits per heavy atom. The molecule has 6 heteroatoms. The molecule has 0 spiro atoms. The van der Waals surface area contributed by atoms with Gasteiger partial charge in [-0.15, -0.1) is 0 Å². The molecule has 5 nitrogen and oxygen atoms in total. The standard InChI is InChI=1S/C15H14FN5/c16-10-3-6-21(8-10)13-2-5-18-15-14(13)11(7-19-15)12-1-4-17-9-20-12/h1-2,4-5,7,9-10H,3,6,8H2,(H,18,19)/t10-/m1/s1. The highest BCUT2D eigenvalue weighted by molar-refractivity contribution is 6.01. The van der Waals surface area contributed by atoms with Gasteiger partial charge in [-0.05, 0) is 18.6 Å². The Kier molecular flexibility index (Phi) is 2.80. The van der Waals surface area contributed by atoms with Gasteiger partial charge >= 0.3 is 0 Å². The van der Waals surface area contributed by atoms with Crippen molar-refractivity contribution >= 4 is 16.7 Å². The average Bonchev–Trinajstić information content (AvgIpc) is 3.14.